The van der Waals surface area contributed by atoms with E-state index in [4.69, 9.17) is 9.47 Å². The fourth-order valence-electron chi connectivity index (χ4n) is 6.34. The summed E-state index contributed by atoms with van der Waals surface area (Å²) in [5, 5.41) is 3.10. The molecule has 7 heteroatoms. The summed E-state index contributed by atoms with van der Waals surface area (Å²) in [6, 6.07) is 5.91. The lowest BCUT2D eigenvalue weighted by molar-refractivity contribution is -0.145. The van der Waals surface area contributed by atoms with Crippen LogP contribution in [0.2, 0.25) is 0 Å². The maximum absolute atomic E-state index is 13.8. The maximum atomic E-state index is 13.8. The zero-order valence-electron chi connectivity index (χ0n) is 20.4. The summed E-state index contributed by atoms with van der Waals surface area (Å²) in [7, 11) is 3.18. The first-order valence-electron chi connectivity index (χ1n) is 12.5. The van der Waals surface area contributed by atoms with E-state index < -0.39 is 5.54 Å². The molecule has 1 saturated carbocycles. The fourth-order valence-corrected chi connectivity index (χ4v) is 6.34. The lowest BCUT2D eigenvalue weighted by Gasteiger charge is -2.48. The number of hydrogen-bond acceptors (Lipinski definition) is 5. The van der Waals surface area contributed by atoms with Crippen LogP contribution in [0.4, 0.5) is 5.69 Å². The van der Waals surface area contributed by atoms with Gasteiger partial charge in [-0.3, -0.25) is 9.59 Å². The Hall–Kier alpha value is -2.28. The Morgan fingerprint density at radius 3 is 2.30 bits per heavy atom. The number of amides is 2. The largest absolute Gasteiger partial charge is 0.497 e. The molecule has 0 unspecified atom stereocenters. The highest BCUT2D eigenvalue weighted by Gasteiger charge is 2.49. The molecule has 0 aromatic heterocycles. The van der Waals surface area contributed by atoms with Crippen molar-refractivity contribution in [1.82, 2.24) is 9.80 Å². The predicted molar refractivity (Wildman–Crippen MR) is 129 cm³/mol. The van der Waals surface area contributed by atoms with Crippen LogP contribution in [0.1, 0.15) is 64.7 Å². The Morgan fingerprint density at radius 1 is 1.00 bits per heavy atom. The van der Waals surface area contributed by atoms with Gasteiger partial charge >= 0.3 is 0 Å². The second kappa shape index (κ2) is 10.3. The van der Waals surface area contributed by atoms with E-state index in [1.807, 2.05) is 4.90 Å². The summed E-state index contributed by atoms with van der Waals surface area (Å²) < 4.78 is 10.7. The van der Waals surface area contributed by atoms with Crippen molar-refractivity contribution < 1.29 is 19.1 Å². The summed E-state index contributed by atoms with van der Waals surface area (Å²) in [5.74, 6) is 1.58. The van der Waals surface area contributed by atoms with Gasteiger partial charge < -0.3 is 24.6 Å². The molecule has 1 aromatic rings. The highest BCUT2D eigenvalue weighted by molar-refractivity contribution is 6.00. The Balaban J connectivity index is 1.58. The van der Waals surface area contributed by atoms with Crippen LogP contribution in [0, 0.1) is 5.92 Å². The molecule has 0 spiro atoms. The lowest BCUT2D eigenvalue weighted by atomic mass is 9.81. The summed E-state index contributed by atoms with van der Waals surface area (Å²) in [5.41, 5.74) is -0.166. The Kier molecular flexibility index (Phi) is 7.47. The number of ether oxygens (including phenoxy) is 2. The predicted octanol–water partition coefficient (Wildman–Crippen LogP) is 4.07. The van der Waals surface area contributed by atoms with E-state index in [1.54, 1.807) is 39.3 Å². The minimum atomic E-state index is -0.793. The molecule has 1 N–H and O–H groups in total. The van der Waals surface area contributed by atoms with Crippen LogP contribution in [0.5, 0.6) is 11.5 Å². The molecule has 3 fully saturated rings. The number of carbonyl (C=O) groups is 2. The highest BCUT2D eigenvalue weighted by Crippen LogP contribution is 2.40. The van der Waals surface area contributed by atoms with Gasteiger partial charge in [-0.25, -0.2) is 0 Å². The zero-order valence-corrected chi connectivity index (χ0v) is 20.4. The Morgan fingerprint density at radius 2 is 1.67 bits per heavy atom. The standard InChI is InChI=1S/C26H39N3O4/c1-19(30)29(18-20-9-8-14-28-13-7-4-10-24(20)28)26(11-5-6-12-26)25(31)27-21-15-22(32-2)17-23(16-21)33-3/h15-17,20,24H,4-14,18H2,1-3H3,(H,27,31)/t20-,24+/m1/s1. The van der Waals surface area contributed by atoms with E-state index in [9.17, 15) is 9.59 Å². The van der Waals surface area contributed by atoms with Gasteiger partial charge in [0.25, 0.3) is 0 Å². The highest BCUT2D eigenvalue weighted by atomic mass is 16.5. The number of benzene rings is 1. The number of nitrogens with zero attached hydrogens (tertiary/aromatic N) is 2. The van der Waals surface area contributed by atoms with Crippen LogP contribution in [0.15, 0.2) is 18.2 Å². The summed E-state index contributed by atoms with van der Waals surface area (Å²) in [6.45, 7) is 4.64. The Bertz CT molecular complexity index is 828. The minimum absolute atomic E-state index is 0.00297. The van der Waals surface area contributed by atoms with Crippen LogP contribution in [0.3, 0.4) is 0 Å². The van der Waals surface area contributed by atoms with Crippen molar-refractivity contribution in [2.45, 2.75) is 76.3 Å². The van der Waals surface area contributed by atoms with Gasteiger partial charge in [0.1, 0.15) is 17.0 Å². The van der Waals surface area contributed by atoms with Crippen molar-refractivity contribution in [3.05, 3.63) is 18.2 Å². The normalized spacial score (nSPS) is 24.6. The van der Waals surface area contributed by atoms with E-state index in [0.717, 1.165) is 19.3 Å². The average Bonchev–Trinajstić information content (AvgIpc) is 3.33. The van der Waals surface area contributed by atoms with Gasteiger partial charge in [0.05, 0.1) is 14.2 Å². The molecule has 3 aliphatic rings. The topological polar surface area (TPSA) is 71.1 Å². The maximum Gasteiger partial charge on any atom is 0.250 e. The molecule has 33 heavy (non-hydrogen) atoms. The quantitative estimate of drug-likeness (QED) is 0.668. The molecule has 2 heterocycles. The van der Waals surface area contributed by atoms with Crippen molar-refractivity contribution in [3.8, 4) is 11.5 Å². The average molecular weight is 458 g/mol. The van der Waals surface area contributed by atoms with Gasteiger partial charge in [0.2, 0.25) is 11.8 Å². The van der Waals surface area contributed by atoms with Crippen molar-refractivity contribution in [1.29, 1.82) is 0 Å². The number of nitrogens with one attached hydrogen (secondary N) is 1. The van der Waals surface area contributed by atoms with Crippen LogP contribution < -0.4 is 14.8 Å². The molecular formula is C26H39N3O4. The third kappa shape index (κ3) is 4.98. The number of piperidine rings is 2. The minimum Gasteiger partial charge on any atom is -0.497 e. The van der Waals surface area contributed by atoms with E-state index in [1.165, 1.54) is 38.8 Å². The fraction of sp³-hybridized carbons (Fsp3) is 0.692. The zero-order chi connectivity index (χ0) is 23.4. The van der Waals surface area contributed by atoms with Gasteiger partial charge in [-0.15, -0.1) is 0 Å². The number of fused-ring (bicyclic) bond motifs is 1. The monoisotopic (exact) mass is 457 g/mol. The molecular weight excluding hydrogens is 418 g/mol. The molecule has 4 rings (SSSR count). The molecule has 2 atom stereocenters. The molecule has 7 nitrogen and oxygen atoms in total. The van der Waals surface area contributed by atoms with Crippen molar-refractivity contribution in [2.24, 2.45) is 5.92 Å². The van der Waals surface area contributed by atoms with Gasteiger partial charge in [-0.05, 0) is 57.5 Å². The molecule has 0 radical (unpaired) electrons. The molecule has 1 aromatic carbocycles. The number of carbonyl (C=O) groups excluding carboxylic acids is 2. The van der Waals surface area contributed by atoms with Gasteiger partial charge in [-0.1, -0.05) is 19.3 Å². The van der Waals surface area contributed by atoms with Crippen molar-refractivity contribution in [3.63, 3.8) is 0 Å². The van der Waals surface area contributed by atoms with Gasteiger partial charge in [0.15, 0.2) is 0 Å². The van der Waals surface area contributed by atoms with Gasteiger partial charge in [0, 0.05) is 43.4 Å². The van der Waals surface area contributed by atoms with E-state index in [2.05, 4.69) is 10.2 Å². The molecule has 0 bridgehead atoms. The SMILES string of the molecule is COc1cc(NC(=O)C2(N(C[C@H]3CCCN4CCCC[C@@H]34)C(C)=O)CCCC2)cc(OC)c1. The van der Waals surface area contributed by atoms with E-state index in [0.29, 0.717) is 48.5 Å². The summed E-state index contributed by atoms with van der Waals surface area (Å²) in [4.78, 5) is 31.4. The smallest absolute Gasteiger partial charge is 0.250 e. The van der Waals surface area contributed by atoms with E-state index >= 15 is 0 Å². The molecule has 182 valence electrons. The van der Waals surface area contributed by atoms with Gasteiger partial charge in [-0.2, -0.15) is 0 Å². The number of anilines is 1. The Labute approximate surface area is 197 Å². The van der Waals surface area contributed by atoms with E-state index in [-0.39, 0.29) is 11.8 Å². The van der Waals surface area contributed by atoms with Crippen molar-refractivity contribution >= 4 is 17.5 Å². The first kappa shape index (κ1) is 23.9. The van der Waals surface area contributed by atoms with Crippen LogP contribution in [-0.2, 0) is 9.59 Å². The van der Waals surface area contributed by atoms with Crippen LogP contribution in [0.25, 0.3) is 0 Å². The molecule has 2 aliphatic heterocycles. The summed E-state index contributed by atoms with van der Waals surface area (Å²) >= 11 is 0. The van der Waals surface area contributed by atoms with Crippen LogP contribution in [-0.4, -0.2) is 67.0 Å². The number of rotatable bonds is 7. The number of methoxy groups -OCH3 is 2. The van der Waals surface area contributed by atoms with Crippen molar-refractivity contribution in [2.75, 3.05) is 39.2 Å². The first-order valence-corrected chi connectivity index (χ1v) is 12.5. The summed E-state index contributed by atoms with van der Waals surface area (Å²) in [6.07, 6.45) is 9.39. The third-order valence-corrected chi connectivity index (χ3v) is 8.01. The van der Waals surface area contributed by atoms with Crippen LogP contribution >= 0.6 is 0 Å². The second-order valence-electron chi connectivity index (χ2n) is 9.93. The lowest BCUT2D eigenvalue weighted by Crippen LogP contribution is -2.60. The number of hydrogen-bond donors (Lipinski definition) is 1. The molecule has 1 aliphatic carbocycles. The third-order valence-electron chi connectivity index (χ3n) is 8.01. The first-order chi connectivity index (χ1) is 16.0. The molecule has 2 amide bonds. The second-order valence-corrected chi connectivity index (χ2v) is 9.93. The molecule has 2 saturated heterocycles.